The van der Waals surface area contributed by atoms with E-state index in [1.54, 1.807) is 0 Å². The van der Waals surface area contributed by atoms with Gasteiger partial charge < -0.3 is 10.2 Å². The summed E-state index contributed by atoms with van der Waals surface area (Å²) in [5, 5.41) is 4.40. The molecule has 0 bridgehead atoms. The SMILES string of the molecule is CCNC(CCN(CC)C(C)CC)c1ccc(Br)cc1Cl. The monoisotopic (exact) mass is 374 g/mol. The first-order valence-electron chi connectivity index (χ1n) is 7.95. The molecule has 21 heavy (non-hydrogen) atoms. The van der Waals surface area contributed by atoms with Gasteiger partial charge in [0.1, 0.15) is 0 Å². The van der Waals surface area contributed by atoms with Gasteiger partial charge in [-0.3, -0.25) is 0 Å². The van der Waals surface area contributed by atoms with Gasteiger partial charge in [-0.1, -0.05) is 54.4 Å². The van der Waals surface area contributed by atoms with Gasteiger partial charge in [-0.05, 0) is 50.6 Å². The molecule has 1 N–H and O–H groups in total. The second kappa shape index (κ2) is 9.83. The summed E-state index contributed by atoms with van der Waals surface area (Å²) in [6.45, 7) is 12.1. The van der Waals surface area contributed by atoms with Gasteiger partial charge in [0, 0.05) is 28.1 Å². The van der Waals surface area contributed by atoms with Crippen LogP contribution < -0.4 is 5.32 Å². The Hall–Kier alpha value is -0.0900. The Bertz CT molecular complexity index is 425. The van der Waals surface area contributed by atoms with Crippen molar-refractivity contribution < 1.29 is 0 Å². The van der Waals surface area contributed by atoms with Crippen LogP contribution >= 0.6 is 27.5 Å². The molecule has 1 rings (SSSR count). The van der Waals surface area contributed by atoms with Crippen LogP contribution in [0.4, 0.5) is 0 Å². The van der Waals surface area contributed by atoms with E-state index in [9.17, 15) is 0 Å². The van der Waals surface area contributed by atoms with Crippen molar-refractivity contribution in [3.63, 3.8) is 0 Å². The zero-order valence-corrected chi connectivity index (χ0v) is 16.0. The van der Waals surface area contributed by atoms with Crippen LogP contribution in [0.5, 0.6) is 0 Å². The average molecular weight is 376 g/mol. The van der Waals surface area contributed by atoms with Crippen molar-refractivity contribution in [1.29, 1.82) is 0 Å². The maximum Gasteiger partial charge on any atom is 0.0465 e. The van der Waals surface area contributed by atoms with Crippen molar-refractivity contribution in [2.75, 3.05) is 19.6 Å². The van der Waals surface area contributed by atoms with E-state index in [2.05, 4.69) is 66.0 Å². The van der Waals surface area contributed by atoms with E-state index in [1.807, 2.05) is 6.07 Å². The first-order chi connectivity index (χ1) is 10.0. The van der Waals surface area contributed by atoms with Gasteiger partial charge in [0.05, 0.1) is 0 Å². The minimum Gasteiger partial charge on any atom is -0.310 e. The quantitative estimate of drug-likeness (QED) is 0.633. The van der Waals surface area contributed by atoms with Crippen LogP contribution in [0, 0.1) is 0 Å². The lowest BCUT2D eigenvalue weighted by Crippen LogP contribution is -2.35. The van der Waals surface area contributed by atoms with Crippen molar-refractivity contribution in [2.45, 2.75) is 52.6 Å². The molecule has 1 aromatic rings. The van der Waals surface area contributed by atoms with Gasteiger partial charge >= 0.3 is 0 Å². The standard InChI is InChI=1S/C17H28BrClN2/c1-5-13(4)21(7-3)11-10-17(20-6-2)15-9-8-14(18)12-16(15)19/h8-9,12-13,17,20H,5-7,10-11H2,1-4H3. The van der Waals surface area contributed by atoms with Crippen LogP contribution in [0.1, 0.15) is 52.1 Å². The fourth-order valence-corrected chi connectivity index (χ4v) is 3.45. The molecule has 0 heterocycles. The fraction of sp³-hybridized carbons (Fsp3) is 0.647. The molecule has 2 unspecified atom stereocenters. The van der Waals surface area contributed by atoms with Crippen LogP contribution in [-0.4, -0.2) is 30.6 Å². The normalized spacial score (nSPS) is 14.4. The number of halogens is 2. The van der Waals surface area contributed by atoms with Crippen LogP contribution in [0.2, 0.25) is 5.02 Å². The highest BCUT2D eigenvalue weighted by atomic mass is 79.9. The summed E-state index contributed by atoms with van der Waals surface area (Å²) < 4.78 is 1.03. The molecule has 0 aromatic heterocycles. The van der Waals surface area contributed by atoms with Crippen LogP contribution in [-0.2, 0) is 0 Å². The molecule has 2 atom stereocenters. The summed E-state index contributed by atoms with van der Waals surface area (Å²) in [6, 6.07) is 7.12. The molecule has 0 fully saturated rings. The molecule has 0 aliphatic heterocycles. The lowest BCUT2D eigenvalue weighted by molar-refractivity contribution is 0.203. The molecule has 0 radical (unpaired) electrons. The number of hydrogen-bond donors (Lipinski definition) is 1. The fourth-order valence-electron chi connectivity index (χ4n) is 2.64. The minimum atomic E-state index is 0.314. The van der Waals surface area contributed by atoms with Crippen molar-refractivity contribution in [2.24, 2.45) is 0 Å². The average Bonchev–Trinajstić information content (AvgIpc) is 2.46. The van der Waals surface area contributed by atoms with Gasteiger partial charge in [0.25, 0.3) is 0 Å². The van der Waals surface area contributed by atoms with E-state index in [-0.39, 0.29) is 0 Å². The predicted octanol–water partition coefficient (Wildman–Crippen LogP) is 5.26. The third-order valence-corrected chi connectivity index (χ3v) is 4.93. The molecule has 0 saturated heterocycles. The highest BCUT2D eigenvalue weighted by Crippen LogP contribution is 2.28. The summed E-state index contributed by atoms with van der Waals surface area (Å²) >= 11 is 9.89. The van der Waals surface area contributed by atoms with E-state index in [1.165, 1.54) is 12.0 Å². The van der Waals surface area contributed by atoms with Crippen LogP contribution in [0.3, 0.4) is 0 Å². The molecule has 0 spiro atoms. The third kappa shape index (κ3) is 5.90. The second-order valence-corrected chi connectivity index (χ2v) is 6.77. The van der Waals surface area contributed by atoms with Gasteiger partial charge in [-0.15, -0.1) is 0 Å². The highest BCUT2D eigenvalue weighted by Gasteiger charge is 2.17. The Labute approximate surface area is 143 Å². The Morgan fingerprint density at radius 2 is 2.00 bits per heavy atom. The smallest absolute Gasteiger partial charge is 0.0465 e. The van der Waals surface area contributed by atoms with Gasteiger partial charge in [-0.25, -0.2) is 0 Å². The molecular formula is C17H28BrClN2. The molecule has 0 aliphatic carbocycles. The summed E-state index contributed by atoms with van der Waals surface area (Å²) in [7, 11) is 0. The van der Waals surface area contributed by atoms with E-state index in [4.69, 9.17) is 11.6 Å². The molecule has 120 valence electrons. The zero-order valence-electron chi connectivity index (χ0n) is 13.6. The molecular weight excluding hydrogens is 348 g/mol. The summed E-state index contributed by atoms with van der Waals surface area (Å²) in [5.74, 6) is 0. The molecule has 0 aliphatic rings. The molecule has 0 amide bonds. The van der Waals surface area contributed by atoms with Crippen LogP contribution in [0.15, 0.2) is 22.7 Å². The number of nitrogens with one attached hydrogen (secondary N) is 1. The van der Waals surface area contributed by atoms with E-state index in [0.717, 1.165) is 35.6 Å². The summed E-state index contributed by atoms with van der Waals surface area (Å²) in [5.41, 5.74) is 1.20. The third-order valence-electron chi connectivity index (χ3n) is 4.11. The first kappa shape index (κ1) is 19.0. The molecule has 0 saturated carbocycles. The minimum absolute atomic E-state index is 0.314. The van der Waals surface area contributed by atoms with E-state index in [0.29, 0.717) is 12.1 Å². The topological polar surface area (TPSA) is 15.3 Å². The molecule has 1 aromatic carbocycles. The highest BCUT2D eigenvalue weighted by molar-refractivity contribution is 9.10. The Kier molecular flexibility index (Phi) is 8.88. The van der Waals surface area contributed by atoms with E-state index >= 15 is 0 Å². The Morgan fingerprint density at radius 3 is 2.52 bits per heavy atom. The van der Waals surface area contributed by atoms with Gasteiger partial charge in [0.2, 0.25) is 0 Å². The summed E-state index contributed by atoms with van der Waals surface area (Å²) in [4.78, 5) is 2.54. The lowest BCUT2D eigenvalue weighted by Gasteiger charge is -2.29. The molecule has 4 heteroatoms. The van der Waals surface area contributed by atoms with Crippen molar-refractivity contribution in [1.82, 2.24) is 10.2 Å². The first-order valence-corrected chi connectivity index (χ1v) is 9.12. The van der Waals surface area contributed by atoms with Crippen molar-refractivity contribution in [3.8, 4) is 0 Å². The number of rotatable bonds is 9. The zero-order chi connectivity index (χ0) is 15.8. The lowest BCUT2D eigenvalue weighted by atomic mass is 10.0. The summed E-state index contributed by atoms with van der Waals surface area (Å²) in [6.07, 6.45) is 2.27. The predicted molar refractivity (Wildman–Crippen MR) is 97.2 cm³/mol. The van der Waals surface area contributed by atoms with Gasteiger partial charge in [0.15, 0.2) is 0 Å². The Balaban J connectivity index is 2.77. The Morgan fingerprint density at radius 1 is 1.29 bits per heavy atom. The van der Waals surface area contributed by atoms with E-state index < -0.39 is 0 Å². The maximum absolute atomic E-state index is 6.42. The number of benzene rings is 1. The van der Waals surface area contributed by atoms with Crippen molar-refractivity contribution in [3.05, 3.63) is 33.3 Å². The van der Waals surface area contributed by atoms with Gasteiger partial charge in [-0.2, -0.15) is 0 Å². The molecule has 2 nitrogen and oxygen atoms in total. The van der Waals surface area contributed by atoms with Crippen LogP contribution in [0.25, 0.3) is 0 Å². The number of hydrogen-bond acceptors (Lipinski definition) is 2. The number of nitrogens with zero attached hydrogens (tertiary/aromatic N) is 1. The second-order valence-electron chi connectivity index (χ2n) is 5.45. The van der Waals surface area contributed by atoms with Crippen molar-refractivity contribution >= 4 is 27.5 Å². The maximum atomic E-state index is 6.42. The largest absolute Gasteiger partial charge is 0.310 e.